The van der Waals surface area contributed by atoms with Crippen LogP contribution in [0.5, 0.6) is 0 Å². The third kappa shape index (κ3) is 2.54. The second-order valence-corrected chi connectivity index (χ2v) is 5.62. The third-order valence-corrected chi connectivity index (χ3v) is 3.64. The zero-order valence-corrected chi connectivity index (χ0v) is 12.2. The Hall–Kier alpha value is -1.51. The Bertz CT molecular complexity index is 670. The molecule has 0 spiro atoms. The fourth-order valence-corrected chi connectivity index (χ4v) is 2.48. The summed E-state index contributed by atoms with van der Waals surface area (Å²) < 4.78 is 39.2. The van der Waals surface area contributed by atoms with Crippen LogP contribution >= 0.6 is 22.6 Å². The van der Waals surface area contributed by atoms with Gasteiger partial charge in [-0.15, -0.1) is 0 Å². The number of aromatic nitrogens is 1. The number of fused-ring (bicyclic) bond motifs is 2. The highest BCUT2D eigenvalue weighted by Crippen LogP contribution is 2.34. The molecule has 1 aromatic carbocycles. The van der Waals surface area contributed by atoms with Gasteiger partial charge in [0.25, 0.3) is 0 Å². The zero-order chi connectivity index (χ0) is 14.3. The summed E-state index contributed by atoms with van der Waals surface area (Å²) >= 11 is 2.18. The minimum absolute atomic E-state index is 0.243. The van der Waals surface area contributed by atoms with Crippen molar-refractivity contribution in [3.8, 4) is 0 Å². The van der Waals surface area contributed by atoms with Gasteiger partial charge in [-0.05, 0) is 46.9 Å². The van der Waals surface area contributed by atoms with Gasteiger partial charge >= 0.3 is 6.18 Å². The molecule has 0 saturated heterocycles. The van der Waals surface area contributed by atoms with Crippen LogP contribution in [0, 0.1) is 3.57 Å². The summed E-state index contributed by atoms with van der Waals surface area (Å²) in [5.41, 5.74) is 1.38. The van der Waals surface area contributed by atoms with Crippen molar-refractivity contribution in [1.82, 2.24) is 4.98 Å². The number of halogens is 4. The lowest BCUT2D eigenvalue weighted by atomic mass is 10.2. The van der Waals surface area contributed by atoms with Crippen LogP contribution in [0.2, 0.25) is 0 Å². The predicted octanol–water partition coefficient (Wildman–Crippen LogP) is 4.37. The molecule has 2 aromatic rings. The average molecular weight is 391 g/mol. The Labute approximate surface area is 126 Å². The van der Waals surface area contributed by atoms with Crippen molar-refractivity contribution in [2.24, 2.45) is 0 Å². The van der Waals surface area contributed by atoms with Gasteiger partial charge in [-0.3, -0.25) is 0 Å². The molecule has 20 heavy (non-hydrogen) atoms. The molecule has 0 unspecified atom stereocenters. The second kappa shape index (κ2) is 4.80. The molecule has 0 aliphatic carbocycles. The summed E-state index contributed by atoms with van der Waals surface area (Å²) in [5, 5.41) is 6.16. The number of alkyl halides is 3. The van der Waals surface area contributed by atoms with E-state index < -0.39 is 11.9 Å². The quantitative estimate of drug-likeness (QED) is 0.655. The van der Waals surface area contributed by atoms with Crippen molar-refractivity contribution in [2.45, 2.75) is 12.7 Å². The van der Waals surface area contributed by atoms with Crippen LogP contribution in [0.4, 0.5) is 30.4 Å². The Kier molecular flexibility index (Phi) is 3.23. The summed E-state index contributed by atoms with van der Waals surface area (Å²) in [4.78, 5) is 3.69. The molecular weight excluding hydrogens is 382 g/mol. The maximum atomic E-state index is 12.7. The molecule has 3 nitrogen and oxygen atoms in total. The third-order valence-electron chi connectivity index (χ3n) is 2.97. The first kappa shape index (κ1) is 13.5. The smallest absolute Gasteiger partial charge is 0.379 e. The van der Waals surface area contributed by atoms with E-state index in [1.54, 1.807) is 0 Å². The lowest BCUT2D eigenvalue weighted by molar-refractivity contribution is -0.141. The van der Waals surface area contributed by atoms with E-state index in [2.05, 4.69) is 38.2 Å². The Morgan fingerprint density at radius 3 is 2.65 bits per heavy atom. The van der Waals surface area contributed by atoms with Crippen LogP contribution in [-0.2, 0) is 12.7 Å². The van der Waals surface area contributed by atoms with E-state index in [4.69, 9.17) is 0 Å². The summed E-state index contributed by atoms with van der Waals surface area (Å²) in [6.07, 6.45) is -4.44. The van der Waals surface area contributed by atoms with E-state index in [1.165, 1.54) is 6.07 Å². The number of benzene rings is 1. The van der Waals surface area contributed by atoms with E-state index in [9.17, 15) is 13.2 Å². The average Bonchev–Trinajstić information content (AvgIpc) is 2.55. The fourth-order valence-electron chi connectivity index (χ4n) is 1.99. The number of pyridine rings is 1. The van der Waals surface area contributed by atoms with Crippen molar-refractivity contribution < 1.29 is 13.2 Å². The van der Waals surface area contributed by atoms with Gasteiger partial charge in [-0.2, -0.15) is 13.2 Å². The highest BCUT2D eigenvalue weighted by atomic mass is 127. The summed E-state index contributed by atoms with van der Waals surface area (Å²) in [6, 6.07) is 8.08. The van der Waals surface area contributed by atoms with E-state index in [0.29, 0.717) is 12.1 Å². The standard InChI is InChI=1S/C13H9F3IN3/c14-13(15,16)11-4-1-7-6-18-10-5-8(17)2-3-9(10)19-12(7)20-11/h1-5,18H,6H2,(H,19,20). The lowest BCUT2D eigenvalue weighted by Crippen LogP contribution is -2.10. The van der Waals surface area contributed by atoms with Crippen LogP contribution in [0.25, 0.3) is 0 Å². The van der Waals surface area contributed by atoms with Gasteiger partial charge in [0, 0.05) is 15.7 Å². The minimum atomic E-state index is -4.44. The monoisotopic (exact) mass is 391 g/mol. The molecule has 3 rings (SSSR count). The molecule has 2 heterocycles. The topological polar surface area (TPSA) is 37.0 Å². The van der Waals surface area contributed by atoms with Gasteiger partial charge in [-0.1, -0.05) is 6.07 Å². The van der Waals surface area contributed by atoms with Gasteiger partial charge < -0.3 is 10.6 Å². The normalized spacial score (nSPS) is 13.6. The molecule has 1 aromatic heterocycles. The minimum Gasteiger partial charge on any atom is -0.379 e. The van der Waals surface area contributed by atoms with E-state index >= 15 is 0 Å². The van der Waals surface area contributed by atoms with E-state index in [0.717, 1.165) is 21.0 Å². The maximum Gasteiger partial charge on any atom is 0.433 e. The number of rotatable bonds is 0. The molecule has 0 saturated carbocycles. The molecule has 104 valence electrons. The second-order valence-electron chi connectivity index (χ2n) is 4.37. The van der Waals surface area contributed by atoms with Gasteiger partial charge in [0.05, 0.1) is 11.4 Å². The highest BCUT2D eigenvalue weighted by molar-refractivity contribution is 14.1. The maximum absolute atomic E-state index is 12.7. The first-order valence-corrected chi connectivity index (χ1v) is 6.89. The Balaban J connectivity index is 2.04. The summed E-state index contributed by atoms with van der Waals surface area (Å²) in [6.45, 7) is 0.431. The van der Waals surface area contributed by atoms with Gasteiger partial charge in [0.2, 0.25) is 0 Å². The number of anilines is 3. The molecular formula is C13H9F3IN3. The summed E-state index contributed by atoms with van der Waals surface area (Å²) in [5.74, 6) is 0.243. The van der Waals surface area contributed by atoms with Crippen LogP contribution < -0.4 is 10.6 Å². The van der Waals surface area contributed by atoms with Crippen molar-refractivity contribution in [3.05, 3.63) is 45.2 Å². The van der Waals surface area contributed by atoms with Crippen molar-refractivity contribution in [3.63, 3.8) is 0 Å². The van der Waals surface area contributed by atoms with Crippen LogP contribution in [0.3, 0.4) is 0 Å². The molecule has 0 bridgehead atoms. The Morgan fingerprint density at radius 1 is 1.10 bits per heavy atom. The first-order chi connectivity index (χ1) is 9.43. The number of hydrogen-bond acceptors (Lipinski definition) is 3. The molecule has 0 fully saturated rings. The van der Waals surface area contributed by atoms with Crippen LogP contribution in [0.15, 0.2) is 30.3 Å². The van der Waals surface area contributed by atoms with Crippen LogP contribution in [0.1, 0.15) is 11.3 Å². The predicted molar refractivity (Wildman–Crippen MR) is 79.0 cm³/mol. The number of nitrogens with zero attached hydrogens (tertiary/aromatic N) is 1. The SMILES string of the molecule is FC(F)(F)c1ccc2c(n1)Nc1ccc(I)cc1NC2. The van der Waals surface area contributed by atoms with Gasteiger partial charge in [0.15, 0.2) is 0 Å². The molecule has 1 aliphatic rings. The first-order valence-electron chi connectivity index (χ1n) is 5.81. The van der Waals surface area contributed by atoms with E-state index in [1.807, 2.05) is 18.2 Å². The van der Waals surface area contributed by atoms with Crippen molar-refractivity contribution in [1.29, 1.82) is 0 Å². The van der Waals surface area contributed by atoms with E-state index in [-0.39, 0.29) is 5.82 Å². The molecule has 0 radical (unpaired) electrons. The molecule has 2 N–H and O–H groups in total. The molecule has 7 heteroatoms. The van der Waals surface area contributed by atoms with Crippen molar-refractivity contribution >= 4 is 39.8 Å². The van der Waals surface area contributed by atoms with Gasteiger partial charge in [-0.25, -0.2) is 4.98 Å². The molecule has 0 amide bonds. The Morgan fingerprint density at radius 2 is 1.90 bits per heavy atom. The fraction of sp³-hybridized carbons (Fsp3) is 0.154. The summed E-state index contributed by atoms with van der Waals surface area (Å²) in [7, 11) is 0. The molecule has 1 aliphatic heterocycles. The van der Waals surface area contributed by atoms with Gasteiger partial charge in [0.1, 0.15) is 11.5 Å². The highest BCUT2D eigenvalue weighted by Gasteiger charge is 2.33. The lowest BCUT2D eigenvalue weighted by Gasteiger charge is -2.11. The van der Waals surface area contributed by atoms with Crippen LogP contribution in [-0.4, -0.2) is 4.98 Å². The number of hydrogen-bond donors (Lipinski definition) is 2. The number of nitrogens with one attached hydrogen (secondary N) is 2. The zero-order valence-electron chi connectivity index (χ0n) is 10.1. The van der Waals surface area contributed by atoms with Crippen molar-refractivity contribution in [2.75, 3.05) is 10.6 Å². The molecule has 0 atom stereocenters. The largest absolute Gasteiger partial charge is 0.433 e.